The fraction of sp³-hybridized carbons (Fsp3) is 0.571. The highest BCUT2D eigenvalue weighted by Gasteiger charge is 2.16. The maximum Gasteiger partial charge on any atom is 0.269 e. The van der Waals surface area contributed by atoms with E-state index in [2.05, 4.69) is 5.10 Å². The molecule has 0 saturated heterocycles. The quantitative estimate of drug-likeness (QED) is 0.562. The first-order valence-electron chi connectivity index (χ1n) is 3.63. The van der Waals surface area contributed by atoms with Gasteiger partial charge in [-0.3, -0.25) is 14.6 Å². The number of aromatic nitrogens is 2. The molecule has 0 atom stereocenters. The highest BCUT2D eigenvalue weighted by molar-refractivity contribution is 5.18. The Hall–Kier alpha value is -1.03. The zero-order valence-corrected chi connectivity index (χ0v) is 6.39. The summed E-state index contributed by atoms with van der Waals surface area (Å²) in [5, 5.41) is 2.70. The zero-order chi connectivity index (χ0) is 7.84. The van der Waals surface area contributed by atoms with E-state index in [4.69, 9.17) is 4.74 Å². The van der Waals surface area contributed by atoms with E-state index in [-0.39, 0.29) is 5.56 Å². The molecule has 60 valence electrons. The number of fused-ring (bicyclic) bond motifs is 1. The fourth-order valence-corrected chi connectivity index (χ4v) is 1.43. The van der Waals surface area contributed by atoms with Crippen LogP contribution in [0.3, 0.4) is 0 Å². The second-order valence-corrected chi connectivity index (χ2v) is 2.73. The molecule has 1 aromatic heterocycles. The highest BCUT2D eigenvalue weighted by Crippen LogP contribution is 2.10. The van der Waals surface area contributed by atoms with Gasteiger partial charge in [0.15, 0.2) is 0 Å². The SMILES string of the molecule is Cn1[nH]c(=O)c2c1CCOC2. The average Bonchev–Trinajstić information content (AvgIpc) is 2.30. The molecule has 0 radical (unpaired) electrons. The third-order valence-corrected chi connectivity index (χ3v) is 2.03. The Morgan fingerprint density at radius 2 is 2.45 bits per heavy atom. The number of H-pyrrole nitrogens is 1. The highest BCUT2D eigenvalue weighted by atomic mass is 16.5. The van der Waals surface area contributed by atoms with Gasteiger partial charge < -0.3 is 4.74 Å². The molecule has 2 rings (SSSR count). The summed E-state index contributed by atoms with van der Waals surface area (Å²) in [6, 6.07) is 0. The van der Waals surface area contributed by atoms with Crippen LogP contribution in [-0.4, -0.2) is 16.4 Å². The summed E-state index contributed by atoms with van der Waals surface area (Å²) in [6.45, 7) is 1.18. The van der Waals surface area contributed by atoms with Gasteiger partial charge in [0, 0.05) is 19.2 Å². The minimum atomic E-state index is -0.0119. The summed E-state index contributed by atoms with van der Waals surface area (Å²) in [4.78, 5) is 11.1. The standard InChI is InChI=1S/C7H10N2O2/c1-9-6-2-3-11-4-5(6)7(10)8-9/h2-4H2,1H3,(H,8,10). The van der Waals surface area contributed by atoms with Crippen molar-refractivity contribution in [2.24, 2.45) is 7.05 Å². The van der Waals surface area contributed by atoms with Crippen molar-refractivity contribution in [1.29, 1.82) is 0 Å². The lowest BCUT2D eigenvalue weighted by molar-refractivity contribution is 0.108. The second kappa shape index (κ2) is 2.23. The lowest BCUT2D eigenvalue weighted by Crippen LogP contribution is -2.15. The number of hydrogen-bond donors (Lipinski definition) is 1. The monoisotopic (exact) mass is 154 g/mol. The number of hydrogen-bond acceptors (Lipinski definition) is 2. The van der Waals surface area contributed by atoms with Crippen LogP contribution < -0.4 is 5.56 Å². The summed E-state index contributed by atoms with van der Waals surface area (Å²) >= 11 is 0. The van der Waals surface area contributed by atoms with Crippen molar-refractivity contribution in [1.82, 2.24) is 9.78 Å². The zero-order valence-electron chi connectivity index (χ0n) is 6.39. The Balaban J connectivity index is 2.61. The van der Waals surface area contributed by atoms with Crippen LogP contribution in [0.5, 0.6) is 0 Å². The van der Waals surface area contributed by atoms with Gasteiger partial charge in [0.25, 0.3) is 5.56 Å². The largest absolute Gasteiger partial charge is 0.376 e. The summed E-state index contributed by atoms with van der Waals surface area (Å²) in [6.07, 6.45) is 0.838. The predicted octanol–water partition coefficient (Wildman–Crippen LogP) is -0.214. The molecule has 1 aliphatic heterocycles. The Morgan fingerprint density at radius 1 is 1.64 bits per heavy atom. The first-order valence-corrected chi connectivity index (χ1v) is 3.63. The van der Waals surface area contributed by atoms with E-state index in [0.717, 1.165) is 24.3 Å². The molecule has 0 spiro atoms. The molecule has 4 nitrogen and oxygen atoms in total. The van der Waals surface area contributed by atoms with Gasteiger partial charge in [0.05, 0.1) is 18.8 Å². The van der Waals surface area contributed by atoms with Crippen LogP contribution in [-0.2, 0) is 24.8 Å². The molecule has 0 amide bonds. The summed E-state index contributed by atoms with van der Waals surface area (Å²) in [5.41, 5.74) is 1.86. The number of nitrogens with one attached hydrogen (secondary N) is 1. The van der Waals surface area contributed by atoms with Crippen LogP contribution in [0, 0.1) is 0 Å². The molecule has 0 saturated carbocycles. The molecule has 0 bridgehead atoms. The Labute approximate surface area is 63.8 Å². The average molecular weight is 154 g/mol. The fourth-order valence-electron chi connectivity index (χ4n) is 1.43. The molecule has 1 aromatic rings. The van der Waals surface area contributed by atoms with Gasteiger partial charge >= 0.3 is 0 Å². The molecule has 0 aromatic carbocycles. The molecular weight excluding hydrogens is 144 g/mol. The molecule has 4 heteroatoms. The third kappa shape index (κ3) is 0.903. The van der Waals surface area contributed by atoms with Crippen molar-refractivity contribution in [3.8, 4) is 0 Å². The second-order valence-electron chi connectivity index (χ2n) is 2.73. The van der Waals surface area contributed by atoms with Gasteiger partial charge in [0.2, 0.25) is 0 Å². The lowest BCUT2D eigenvalue weighted by atomic mass is 10.2. The molecule has 2 heterocycles. The van der Waals surface area contributed by atoms with Gasteiger partial charge in [-0.25, -0.2) is 0 Å². The normalized spacial score (nSPS) is 16.5. The smallest absolute Gasteiger partial charge is 0.269 e. The number of rotatable bonds is 0. The van der Waals surface area contributed by atoms with Gasteiger partial charge in [-0.2, -0.15) is 0 Å². The first kappa shape index (κ1) is 6.67. The van der Waals surface area contributed by atoms with E-state index < -0.39 is 0 Å². The predicted molar refractivity (Wildman–Crippen MR) is 39.4 cm³/mol. The van der Waals surface area contributed by atoms with Crippen molar-refractivity contribution < 1.29 is 4.74 Å². The molecule has 0 unspecified atom stereocenters. The van der Waals surface area contributed by atoms with Gasteiger partial charge in [-0.05, 0) is 0 Å². The maximum atomic E-state index is 11.1. The molecule has 1 N–H and O–H groups in total. The van der Waals surface area contributed by atoms with Crippen molar-refractivity contribution in [2.45, 2.75) is 13.0 Å². The summed E-state index contributed by atoms with van der Waals surface area (Å²) < 4.78 is 6.93. The number of aromatic amines is 1. The minimum Gasteiger partial charge on any atom is -0.376 e. The molecule has 11 heavy (non-hydrogen) atoms. The van der Waals surface area contributed by atoms with Crippen LogP contribution in [0.4, 0.5) is 0 Å². The van der Waals surface area contributed by atoms with Gasteiger partial charge in [-0.1, -0.05) is 0 Å². The van der Waals surface area contributed by atoms with Crippen molar-refractivity contribution in [2.75, 3.05) is 6.61 Å². The van der Waals surface area contributed by atoms with Crippen LogP contribution in [0.25, 0.3) is 0 Å². The van der Waals surface area contributed by atoms with E-state index in [1.165, 1.54) is 0 Å². The minimum absolute atomic E-state index is 0.0119. The summed E-state index contributed by atoms with van der Waals surface area (Å²) in [5.74, 6) is 0. The molecule has 0 fully saturated rings. The van der Waals surface area contributed by atoms with Crippen LogP contribution >= 0.6 is 0 Å². The van der Waals surface area contributed by atoms with Crippen LogP contribution in [0.15, 0.2) is 4.79 Å². The number of aryl methyl sites for hydroxylation is 1. The van der Waals surface area contributed by atoms with Crippen LogP contribution in [0.2, 0.25) is 0 Å². The van der Waals surface area contributed by atoms with Gasteiger partial charge in [0.1, 0.15) is 0 Å². The van der Waals surface area contributed by atoms with Crippen molar-refractivity contribution in [3.63, 3.8) is 0 Å². The third-order valence-electron chi connectivity index (χ3n) is 2.03. The van der Waals surface area contributed by atoms with E-state index >= 15 is 0 Å². The number of ether oxygens (including phenoxy) is 1. The number of nitrogens with zero attached hydrogens (tertiary/aromatic N) is 1. The Bertz CT molecular complexity index is 324. The Kier molecular flexibility index (Phi) is 1.35. The van der Waals surface area contributed by atoms with Crippen molar-refractivity contribution in [3.05, 3.63) is 21.6 Å². The molecule has 1 aliphatic rings. The molecular formula is C7H10N2O2. The first-order chi connectivity index (χ1) is 5.29. The lowest BCUT2D eigenvalue weighted by Gasteiger charge is -2.11. The van der Waals surface area contributed by atoms with E-state index in [9.17, 15) is 4.79 Å². The summed E-state index contributed by atoms with van der Waals surface area (Å²) in [7, 11) is 1.85. The topological polar surface area (TPSA) is 47.0 Å². The van der Waals surface area contributed by atoms with Crippen LogP contribution in [0.1, 0.15) is 11.3 Å². The van der Waals surface area contributed by atoms with Gasteiger partial charge in [-0.15, -0.1) is 0 Å². The maximum absolute atomic E-state index is 11.1. The van der Waals surface area contributed by atoms with Crippen molar-refractivity contribution >= 4 is 0 Å². The van der Waals surface area contributed by atoms with E-state index in [1.54, 1.807) is 4.68 Å². The Morgan fingerprint density at radius 3 is 3.18 bits per heavy atom. The van der Waals surface area contributed by atoms with E-state index in [0.29, 0.717) is 6.61 Å². The van der Waals surface area contributed by atoms with E-state index in [1.807, 2.05) is 7.05 Å². The molecule has 0 aliphatic carbocycles.